The van der Waals surface area contributed by atoms with Crippen molar-refractivity contribution in [3.8, 4) is 17.2 Å². The molecule has 1 heterocycles. The molecule has 1 atom stereocenters. The predicted molar refractivity (Wildman–Crippen MR) is 133 cm³/mol. The second-order valence-electron chi connectivity index (χ2n) is 8.00. The largest absolute Gasteiger partial charge is 0.508 e. The Morgan fingerprint density at radius 2 is 1.80 bits per heavy atom. The van der Waals surface area contributed by atoms with Gasteiger partial charge >= 0.3 is 0 Å². The van der Waals surface area contributed by atoms with Gasteiger partial charge in [-0.2, -0.15) is 0 Å². The fourth-order valence-electron chi connectivity index (χ4n) is 4.18. The molecule has 1 aliphatic rings. The first kappa shape index (κ1) is 24.2. The van der Waals surface area contributed by atoms with E-state index < -0.39 is 17.7 Å². The van der Waals surface area contributed by atoms with Gasteiger partial charge in [-0.05, 0) is 73.5 Å². The van der Waals surface area contributed by atoms with Crippen LogP contribution >= 0.6 is 11.6 Å². The number of aryl methyl sites for hydroxylation is 1. The van der Waals surface area contributed by atoms with Gasteiger partial charge in [0.1, 0.15) is 23.0 Å². The first-order valence-corrected chi connectivity index (χ1v) is 11.3. The fraction of sp³-hybridized carbons (Fsp3) is 0.185. The average Bonchev–Trinajstić information content (AvgIpc) is 3.10. The first-order chi connectivity index (χ1) is 16.8. The molecule has 7 nitrogen and oxygen atoms in total. The normalized spacial score (nSPS) is 17.0. The zero-order valence-electron chi connectivity index (χ0n) is 19.4. The Kier molecular flexibility index (Phi) is 6.71. The van der Waals surface area contributed by atoms with Crippen molar-refractivity contribution in [3.05, 3.63) is 87.9 Å². The van der Waals surface area contributed by atoms with Gasteiger partial charge in [-0.15, -0.1) is 0 Å². The molecule has 0 aliphatic carbocycles. The molecule has 1 amide bonds. The number of halogens is 1. The lowest BCUT2D eigenvalue weighted by Gasteiger charge is -2.26. The van der Waals surface area contributed by atoms with E-state index in [0.29, 0.717) is 34.9 Å². The molecule has 0 aromatic heterocycles. The summed E-state index contributed by atoms with van der Waals surface area (Å²) in [6.07, 6.45) is 0. The lowest BCUT2D eigenvalue weighted by atomic mass is 9.94. The number of hydrogen-bond acceptors (Lipinski definition) is 6. The summed E-state index contributed by atoms with van der Waals surface area (Å²) in [5.41, 5.74) is 1.81. The van der Waals surface area contributed by atoms with E-state index in [1.54, 1.807) is 42.5 Å². The van der Waals surface area contributed by atoms with Crippen LogP contribution in [0.3, 0.4) is 0 Å². The Bertz CT molecular complexity index is 1350. The van der Waals surface area contributed by atoms with Gasteiger partial charge in [0.05, 0.1) is 30.4 Å². The van der Waals surface area contributed by atoms with Crippen molar-refractivity contribution in [1.29, 1.82) is 0 Å². The molecule has 4 rings (SSSR count). The quantitative estimate of drug-likeness (QED) is 0.271. The van der Waals surface area contributed by atoms with E-state index in [-0.39, 0.29) is 22.1 Å². The summed E-state index contributed by atoms with van der Waals surface area (Å²) in [5.74, 6) is -0.992. The SMILES string of the molecule is CCOc1ccc(/C(O)=C2\C(=O)C(=O)N(c3ccc(OC)c(Cl)c3)C2c2cccc(O)c2)cc1C. The monoisotopic (exact) mass is 493 g/mol. The molecular formula is C27H24ClNO6. The number of amides is 1. The summed E-state index contributed by atoms with van der Waals surface area (Å²) in [7, 11) is 1.47. The molecular weight excluding hydrogens is 470 g/mol. The number of aliphatic hydroxyl groups is 1. The van der Waals surface area contributed by atoms with Crippen molar-refractivity contribution in [2.45, 2.75) is 19.9 Å². The van der Waals surface area contributed by atoms with Crippen LogP contribution in [-0.2, 0) is 9.59 Å². The van der Waals surface area contributed by atoms with E-state index in [1.807, 2.05) is 13.8 Å². The van der Waals surface area contributed by atoms with E-state index in [1.165, 1.54) is 30.2 Å². The van der Waals surface area contributed by atoms with Gasteiger partial charge in [-0.3, -0.25) is 14.5 Å². The second kappa shape index (κ2) is 9.72. The number of nitrogens with zero attached hydrogens (tertiary/aromatic N) is 1. The van der Waals surface area contributed by atoms with Gasteiger partial charge in [-0.25, -0.2) is 0 Å². The highest BCUT2D eigenvalue weighted by molar-refractivity contribution is 6.51. The number of carbonyl (C=O) groups excluding carboxylic acids is 2. The summed E-state index contributed by atoms with van der Waals surface area (Å²) >= 11 is 6.30. The Hall–Kier alpha value is -3.97. The maximum Gasteiger partial charge on any atom is 0.300 e. The zero-order chi connectivity index (χ0) is 25.3. The number of benzene rings is 3. The molecule has 3 aromatic carbocycles. The number of ether oxygens (including phenoxy) is 2. The number of aliphatic hydroxyl groups excluding tert-OH is 1. The van der Waals surface area contributed by atoms with Gasteiger partial charge in [0.15, 0.2) is 0 Å². The van der Waals surface area contributed by atoms with Crippen molar-refractivity contribution in [3.63, 3.8) is 0 Å². The van der Waals surface area contributed by atoms with Crippen LogP contribution in [0.1, 0.15) is 29.7 Å². The van der Waals surface area contributed by atoms with E-state index in [9.17, 15) is 19.8 Å². The highest BCUT2D eigenvalue weighted by atomic mass is 35.5. The highest BCUT2D eigenvalue weighted by Gasteiger charge is 2.47. The molecule has 8 heteroatoms. The molecule has 2 N–H and O–H groups in total. The van der Waals surface area contributed by atoms with E-state index in [4.69, 9.17) is 21.1 Å². The Balaban J connectivity index is 1.92. The highest BCUT2D eigenvalue weighted by Crippen LogP contribution is 2.44. The van der Waals surface area contributed by atoms with E-state index in [2.05, 4.69) is 0 Å². The molecule has 0 saturated carbocycles. The van der Waals surface area contributed by atoms with Crippen LogP contribution in [0.15, 0.2) is 66.2 Å². The van der Waals surface area contributed by atoms with Gasteiger partial charge in [-0.1, -0.05) is 23.7 Å². The van der Waals surface area contributed by atoms with Crippen LogP contribution < -0.4 is 14.4 Å². The Morgan fingerprint density at radius 1 is 1.06 bits per heavy atom. The van der Waals surface area contributed by atoms with Crippen LogP contribution in [-0.4, -0.2) is 35.6 Å². The number of aromatic hydroxyl groups is 1. The smallest absolute Gasteiger partial charge is 0.300 e. The number of methoxy groups -OCH3 is 1. The zero-order valence-corrected chi connectivity index (χ0v) is 20.2. The number of ketones is 1. The topological polar surface area (TPSA) is 96.3 Å². The average molecular weight is 494 g/mol. The number of rotatable bonds is 6. The minimum Gasteiger partial charge on any atom is -0.508 e. The number of anilines is 1. The molecule has 1 fully saturated rings. The van der Waals surface area contributed by atoms with Crippen LogP contribution in [0.25, 0.3) is 5.76 Å². The molecule has 0 bridgehead atoms. The van der Waals surface area contributed by atoms with Gasteiger partial charge in [0, 0.05) is 11.3 Å². The number of hydrogen-bond donors (Lipinski definition) is 2. The summed E-state index contributed by atoms with van der Waals surface area (Å²) in [6.45, 7) is 4.18. The van der Waals surface area contributed by atoms with Crippen molar-refractivity contribution in [1.82, 2.24) is 0 Å². The third-order valence-electron chi connectivity index (χ3n) is 5.79. The lowest BCUT2D eigenvalue weighted by Crippen LogP contribution is -2.29. The predicted octanol–water partition coefficient (Wildman–Crippen LogP) is 5.39. The summed E-state index contributed by atoms with van der Waals surface area (Å²) in [4.78, 5) is 27.8. The minimum atomic E-state index is -1.00. The first-order valence-electron chi connectivity index (χ1n) is 10.9. The van der Waals surface area contributed by atoms with Crippen LogP contribution in [0, 0.1) is 6.92 Å². The third kappa shape index (κ3) is 4.42. The van der Waals surface area contributed by atoms with E-state index in [0.717, 1.165) is 5.56 Å². The van der Waals surface area contributed by atoms with Crippen molar-refractivity contribution < 1.29 is 29.3 Å². The summed E-state index contributed by atoms with van der Waals surface area (Å²) in [5, 5.41) is 21.7. The van der Waals surface area contributed by atoms with E-state index >= 15 is 0 Å². The molecule has 35 heavy (non-hydrogen) atoms. The molecule has 180 valence electrons. The summed E-state index contributed by atoms with van der Waals surface area (Å²) in [6, 6.07) is 14.9. The molecule has 0 spiro atoms. The maximum atomic E-state index is 13.3. The van der Waals surface area contributed by atoms with Gasteiger partial charge in [0.2, 0.25) is 0 Å². The summed E-state index contributed by atoms with van der Waals surface area (Å²) < 4.78 is 10.8. The van der Waals surface area contributed by atoms with Crippen LogP contribution in [0.2, 0.25) is 5.02 Å². The lowest BCUT2D eigenvalue weighted by molar-refractivity contribution is -0.132. The number of phenolic OH excluding ortho intramolecular Hbond substituents is 1. The Labute approximate surface area is 207 Å². The minimum absolute atomic E-state index is 0.0437. The molecule has 0 radical (unpaired) electrons. The van der Waals surface area contributed by atoms with Gasteiger partial charge < -0.3 is 19.7 Å². The molecule has 1 saturated heterocycles. The van der Waals surface area contributed by atoms with Gasteiger partial charge in [0.25, 0.3) is 11.7 Å². The molecule has 1 unspecified atom stereocenters. The third-order valence-corrected chi connectivity index (χ3v) is 6.09. The molecule has 3 aromatic rings. The van der Waals surface area contributed by atoms with Crippen LogP contribution in [0.4, 0.5) is 5.69 Å². The van der Waals surface area contributed by atoms with Crippen molar-refractivity contribution in [2.24, 2.45) is 0 Å². The number of carbonyl (C=O) groups is 2. The number of phenols is 1. The molecule has 1 aliphatic heterocycles. The van der Waals surface area contributed by atoms with Crippen molar-refractivity contribution >= 4 is 34.7 Å². The maximum absolute atomic E-state index is 13.3. The van der Waals surface area contributed by atoms with Crippen molar-refractivity contribution in [2.75, 3.05) is 18.6 Å². The standard InChI is InChI=1S/C27H24ClNO6/c1-4-35-21-10-8-17(12-15(21)2)25(31)23-24(16-6-5-7-19(30)13-16)29(27(33)26(23)32)18-9-11-22(34-3)20(28)14-18/h5-14,24,30-31H,4H2,1-3H3/b25-23+. The van der Waals surface area contributed by atoms with Crippen LogP contribution in [0.5, 0.6) is 17.2 Å². The second-order valence-corrected chi connectivity index (χ2v) is 8.40. The fourth-order valence-corrected chi connectivity index (χ4v) is 4.44. The Morgan fingerprint density at radius 3 is 2.43 bits per heavy atom. The number of Topliss-reactive ketones (excluding diaryl/α,β-unsaturated/α-hetero) is 1.